The van der Waals surface area contributed by atoms with E-state index in [-0.39, 0.29) is 0 Å². The fraction of sp³-hybridized carbons (Fsp3) is 0.727. The van der Waals surface area contributed by atoms with Crippen molar-refractivity contribution in [2.24, 2.45) is 5.73 Å². The topological polar surface area (TPSA) is 38.9 Å². The van der Waals surface area contributed by atoms with E-state index >= 15 is 0 Å². The zero-order valence-electron chi connectivity index (χ0n) is 9.34. The number of unbranched alkanes of at least 4 members (excludes halogenated alkanes) is 1. The maximum Gasteiger partial charge on any atom is 0.0931 e. The van der Waals surface area contributed by atoms with Gasteiger partial charge in [-0.05, 0) is 38.6 Å². The minimum Gasteiger partial charge on any atom is -0.330 e. The summed E-state index contributed by atoms with van der Waals surface area (Å²) in [4.78, 5) is 6.04. The van der Waals surface area contributed by atoms with Crippen LogP contribution in [0.2, 0.25) is 0 Å². The van der Waals surface area contributed by atoms with Gasteiger partial charge in [0.05, 0.1) is 10.7 Å². The molecule has 0 unspecified atom stereocenters. The van der Waals surface area contributed by atoms with Gasteiger partial charge in [-0.2, -0.15) is 0 Å². The third kappa shape index (κ3) is 3.07. The van der Waals surface area contributed by atoms with E-state index in [0.29, 0.717) is 5.92 Å². The van der Waals surface area contributed by atoms with Gasteiger partial charge in [0.2, 0.25) is 0 Å². The summed E-state index contributed by atoms with van der Waals surface area (Å²) < 4.78 is 0. The SMILES string of the molecule is Cc1sc(CCCCN)nc1C(C)C. The Morgan fingerprint density at radius 1 is 1.36 bits per heavy atom. The van der Waals surface area contributed by atoms with Crippen LogP contribution in [0.1, 0.15) is 48.2 Å². The number of hydrogen-bond acceptors (Lipinski definition) is 3. The Labute approximate surface area is 90.6 Å². The fourth-order valence-electron chi connectivity index (χ4n) is 1.53. The first-order valence-corrected chi connectivity index (χ1v) is 6.13. The number of thiazole rings is 1. The average Bonchev–Trinajstić information content (AvgIpc) is 2.47. The maximum atomic E-state index is 5.46. The van der Waals surface area contributed by atoms with Crippen molar-refractivity contribution in [1.29, 1.82) is 0 Å². The quantitative estimate of drug-likeness (QED) is 0.762. The second-order valence-electron chi connectivity index (χ2n) is 3.95. The molecule has 0 bridgehead atoms. The normalized spacial score (nSPS) is 11.2. The highest BCUT2D eigenvalue weighted by Gasteiger charge is 2.09. The Balaban J connectivity index is 2.57. The van der Waals surface area contributed by atoms with Crippen LogP contribution in [0.4, 0.5) is 0 Å². The van der Waals surface area contributed by atoms with Crippen molar-refractivity contribution in [3.05, 3.63) is 15.6 Å². The van der Waals surface area contributed by atoms with E-state index in [9.17, 15) is 0 Å². The standard InChI is InChI=1S/C11H20N2S/c1-8(2)11-9(3)14-10(13-11)6-4-5-7-12/h8H,4-7,12H2,1-3H3. The Kier molecular flexibility index (Phi) is 4.55. The van der Waals surface area contributed by atoms with Crippen molar-refractivity contribution in [2.45, 2.75) is 46.0 Å². The molecule has 0 fully saturated rings. The van der Waals surface area contributed by atoms with Crippen molar-refractivity contribution in [2.75, 3.05) is 6.54 Å². The first-order chi connectivity index (χ1) is 6.65. The van der Waals surface area contributed by atoms with Gasteiger partial charge in [-0.1, -0.05) is 13.8 Å². The predicted octanol–water partition coefficient (Wildman–Crippen LogP) is 2.86. The van der Waals surface area contributed by atoms with E-state index in [4.69, 9.17) is 5.73 Å². The average molecular weight is 212 g/mol. The molecule has 1 heterocycles. The molecule has 0 aliphatic rings. The lowest BCUT2D eigenvalue weighted by Gasteiger charge is -1.99. The van der Waals surface area contributed by atoms with Crippen LogP contribution in [-0.2, 0) is 6.42 Å². The van der Waals surface area contributed by atoms with Crippen LogP contribution in [0, 0.1) is 6.92 Å². The molecule has 3 heteroatoms. The predicted molar refractivity (Wildman–Crippen MR) is 62.9 cm³/mol. The summed E-state index contributed by atoms with van der Waals surface area (Å²) in [5.74, 6) is 0.550. The van der Waals surface area contributed by atoms with Crippen molar-refractivity contribution in [3.8, 4) is 0 Å². The number of rotatable bonds is 5. The summed E-state index contributed by atoms with van der Waals surface area (Å²) in [6, 6.07) is 0. The van der Waals surface area contributed by atoms with Crippen LogP contribution in [0.15, 0.2) is 0 Å². The van der Waals surface area contributed by atoms with Crippen LogP contribution in [-0.4, -0.2) is 11.5 Å². The molecule has 0 atom stereocenters. The molecule has 0 spiro atoms. The van der Waals surface area contributed by atoms with Crippen molar-refractivity contribution in [1.82, 2.24) is 4.98 Å². The van der Waals surface area contributed by atoms with Gasteiger partial charge in [0.1, 0.15) is 0 Å². The molecule has 1 rings (SSSR count). The maximum absolute atomic E-state index is 5.46. The van der Waals surface area contributed by atoms with Crippen LogP contribution >= 0.6 is 11.3 Å². The Bertz CT molecular complexity index is 279. The molecule has 1 aromatic heterocycles. The zero-order chi connectivity index (χ0) is 10.6. The second kappa shape index (κ2) is 5.47. The molecule has 2 nitrogen and oxygen atoms in total. The molecule has 1 aromatic rings. The molecular weight excluding hydrogens is 192 g/mol. The van der Waals surface area contributed by atoms with Crippen molar-refractivity contribution < 1.29 is 0 Å². The molecule has 0 saturated heterocycles. The van der Waals surface area contributed by atoms with E-state index in [0.717, 1.165) is 19.4 Å². The first-order valence-electron chi connectivity index (χ1n) is 5.31. The number of aromatic nitrogens is 1. The Morgan fingerprint density at radius 3 is 2.57 bits per heavy atom. The Hall–Kier alpha value is -0.410. The molecule has 0 amide bonds. The number of aryl methyl sites for hydroxylation is 2. The highest BCUT2D eigenvalue weighted by Crippen LogP contribution is 2.24. The highest BCUT2D eigenvalue weighted by molar-refractivity contribution is 7.11. The smallest absolute Gasteiger partial charge is 0.0931 e. The molecule has 2 N–H and O–H groups in total. The van der Waals surface area contributed by atoms with Crippen LogP contribution in [0.3, 0.4) is 0 Å². The van der Waals surface area contributed by atoms with Crippen LogP contribution in [0.5, 0.6) is 0 Å². The van der Waals surface area contributed by atoms with Crippen LogP contribution < -0.4 is 5.73 Å². The van der Waals surface area contributed by atoms with Gasteiger partial charge in [-0.15, -0.1) is 11.3 Å². The molecule has 0 aliphatic heterocycles. The van der Waals surface area contributed by atoms with Gasteiger partial charge in [-0.3, -0.25) is 0 Å². The number of nitrogens with two attached hydrogens (primary N) is 1. The number of nitrogens with zero attached hydrogens (tertiary/aromatic N) is 1. The molecule has 0 aromatic carbocycles. The van der Waals surface area contributed by atoms with Gasteiger partial charge in [0.25, 0.3) is 0 Å². The summed E-state index contributed by atoms with van der Waals surface area (Å²) >= 11 is 1.84. The third-order valence-corrected chi connectivity index (χ3v) is 3.31. The number of hydrogen-bond donors (Lipinski definition) is 1. The van der Waals surface area contributed by atoms with Crippen molar-refractivity contribution >= 4 is 11.3 Å². The van der Waals surface area contributed by atoms with E-state index in [1.54, 1.807) is 0 Å². The summed E-state index contributed by atoms with van der Waals surface area (Å²) in [5, 5.41) is 1.28. The van der Waals surface area contributed by atoms with Crippen LogP contribution in [0.25, 0.3) is 0 Å². The summed E-state index contributed by atoms with van der Waals surface area (Å²) in [6.07, 6.45) is 3.37. The van der Waals surface area contributed by atoms with Crippen molar-refractivity contribution in [3.63, 3.8) is 0 Å². The van der Waals surface area contributed by atoms with Gasteiger partial charge < -0.3 is 5.73 Å². The highest BCUT2D eigenvalue weighted by atomic mass is 32.1. The van der Waals surface area contributed by atoms with E-state index in [1.165, 1.54) is 22.0 Å². The molecule has 0 saturated carbocycles. The minimum absolute atomic E-state index is 0.550. The molecule has 14 heavy (non-hydrogen) atoms. The summed E-state index contributed by atoms with van der Waals surface area (Å²) in [6.45, 7) is 7.36. The van der Waals surface area contributed by atoms with Gasteiger partial charge in [0, 0.05) is 4.88 Å². The molecule has 0 aliphatic carbocycles. The zero-order valence-corrected chi connectivity index (χ0v) is 10.2. The van der Waals surface area contributed by atoms with E-state index < -0.39 is 0 Å². The Morgan fingerprint density at radius 2 is 2.07 bits per heavy atom. The molecule has 0 radical (unpaired) electrons. The van der Waals surface area contributed by atoms with E-state index in [2.05, 4.69) is 25.8 Å². The summed E-state index contributed by atoms with van der Waals surface area (Å²) in [7, 11) is 0. The second-order valence-corrected chi connectivity index (χ2v) is 5.24. The van der Waals surface area contributed by atoms with Gasteiger partial charge >= 0.3 is 0 Å². The largest absolute Gasteiger partial charge is 0.330 e. The first kappa shape index (κ1) is 11.7. The summed E-state index contributed by atoms with van der Waals surface area (Å²) in [5.41, 5.74) is 6.73. The lowest BCUT2D eigenvalue weighted by atomic mass is 10.1. The monoisotopic (exact) mass is 212 g/mol. The third-order valence-electron chi connectivity index (χ3n) is 2.27. The van der Waals surface area contributed by atoms with Gasteiger partial charge in [0.15, 0.2) is 0 Å². The van der Waals surface area contributed by atoms with Gasteiger partial charge in [-0.25, -0.2) is 4.98 Å². The fourth-order valence-corrected chi connectivity index (χ4v) is 2.66. The molecular formula is C11H20N2S. The molecule has 80 valence electrons. The lowest BCUT2D eigenvalue weighted by Crippen LogP contribution is -1.99. The lowest BCUT2D eigenvalue weighted by molar-refractivity contribution is 0.733. The minimum atomic E-state index is 0.550. The van der Waals surface area contributed by atoms with E-state index in [1.807, 2.05) is 11.3 Å².